The molecule has 0 heterocycles. The molecule has 28 heavy (non-hydrogen) atoms. The third-order valence-corrected chi connectivity index (χ3v) is 4.98. The molecule has 7 nitrogen and oxygen atoms in total. The van der Waals surface area contributed by atoms with E-state index in [0.29, 0.717) is 5.56 Å². The number of hydrogen-bond acceptors (Lipinski definition) is 5. The van der Waals surface area contributed by atoms with E-state index in [1.807, 2.05) is 0 Å². The number of carbonyl (C=O) groups is 2. The lowest BCUT2D eigenvalue weighted by Crippen LogP contribution is -2.40. The monoisotopic (exact) mass is 415 g/mol. The largest absolute Gasteiger partial charge is 0.472 e. The third kappa shape index (κ3) is 5.30. The minimum absolute atomic E-state index is 0.0155. The molecule has 2 rings (SSSR count). The number of sulfonamides is 1. The first kappa shape index (κ1) is 21.4. The van der Waals surface area contributed by atoms with Gasteiger partial charge in [0.15, 0.2) is 0 Å². The van der Waals surface area contributed by atoms with E-state index in [-0.39, 0.29) is 12.2 Å². The van der Waals surface area contributed by atoms with Crippen molar-refractivity contribution in [2.45, 2.75) is 17.0 Å². The molecule has 150 valence electrons. The fourth-order valence-corrected chi connectivity index (χ4v) is 3.31. The average Bonchev–Trinajstić information content (AvgIpc) is 2.62. The summed E-state index contributed by atoms with van der Waals surface area (Å²) >= 11 is 0. The SMILES string of the molecule is NCC(C(=O)Nc1cccc(S(=O)(=O)NC(=O)C(F)(F)F)c1)c1ccccc1. The second-order valence-electron chi connectivity index (χ2n) is 5.65. The zero-order chi connectivity index (χ0) is 20.9. The lowest BCUT2D eigenvalue weighted by molar-refractivity contribution is -0.171. The van der Waals surface area contributed by atoms with E-state index in [2.05, 4.69) is 5.32 Å². The first-order valence-corrected chi connectivity index (χ1v) is 9.33. The summed E-state index contributed by atoms with van der Waals surface area (Å²) < 4.78 is 61.7. The second kappa shape index (κ2) is 8.40. The summed E-state index contributed by atoms with van der Waals surface area (Å²) in [5.74, 6) is -3.86. The summed E-state index contributed by atoms with van der Waals surface area (Å²) in [5, 5.41) is 2.47. The van der Waals surface area contributed by atoms with Gasteiger partial charge in [-0.1, -0.05) is 36.4 Å². The molecule has 0 aliphatic heterocycles. The number of amides is 2. The van der Waals surface area contributed by atoms with Gasteiger partial charge in [0.25, 0.3) is 10.0 Å². The minimum Gasteiger partial charge on any atom is -0.329 e. The van der Waals surface area contributed by atoms with Crippen LogP contribution in [-0.4, -0.2) is 33.0 Å². The highest BCUT2D eigenvalue weighted by atomic mass is 32.2. The average molecular weight is 415 g/mol. The number of alkyl halides is 3. The predicted molar refractivity (Wildman–Crippen MR) is 94.7 cm³/mol. The van der Waals surface area contributed by atoms with E-state index >= 15 is 0 Å². The van der Waals surface area contributed by atoms with Gasteiger partial charge in [0.05, 0.1) is 10.8 Å². The smallest absolute Gasteiger partial charge is 0.329 e. The molecule has 2 aromatic carbocycles. The Hall–Kier alpha value is -2.92. The molecule has 0 spiro atoms. The molecule has 0 aromatic heterocycles. The summed E-state index contributed by atoms with van der Waals surface area (Å²) in [6.45, 7) is -0.0184. The van der Waals surface area contributed by atoms with Crippen LogP contribution in [0.5, 0.6) is 0 Å². The van der Waals surface area contributed by atoms with Crippen LogP contribution in [0.25, 0.3) is 0 Å². The van der Waals surface area contributed by atoms with Crippen LogP contribution in [-0.2, 0) is 19.6 Å². The molecular weight excluding hydrogens is 399 g/mol. The number of nitrogens with two attached hydrogens (primary N) is 1. The van der Waals surface area contributed by atoms with Gasteiger partial charge in [-0.25, -0.2) is 13.1 Å². The van der Waals surface area contributed by atoms with Crippen LogP contribution in [0.4, 0.5) is 18.9 Å². The van der Waals surface area contributed by atoms with Crippen LogP contribution in [0.1, 0.15) is 11.5 Å². The van der Waals surface area contributed by atoms with Gasteiger partial charge in [-0.05, 0) is 23.8 Å². The number of nitrogens with one attached hydrogen (secondary N) is 2. The van der Waals surface area contributed by atoms with E-state index in [9.17, 15) is 31.2 Å². The molecule has 1 unspecified atom stereocenters. The van der Waals surface area contributed by atoms with Gasteiger partial charge in [0, 0.05) is 12.2 Å². The van der Waals surface area contributed by atoms with E-state index in [1.165, 1.54) is 12.1 Å². The van der Waals surface area contributed by atoms with Crippen molar-refractivity contribution >= 4 is 27.5 Å². The Labute approximate surface area is 158 Å². The Balaban J connectivity index is 2.21. The van der Waals surface area contributed by atoms with Gasteiger partial charge >= 0.3 is 12.1 Å². The fraction of sp³-hybridized carbons (Fsp3) is 0.176. The third-order valence-electron chi connectivity index (χ3n) is 3.65. The van der Waals surface area contributed by atoms with Gasteiger partial charge in [-0.15, -0.1) is 0 Å². The van der Waals surface area contributed by atoms with Crippen molar-refractivity contribution in [2.24, 2.45) is 5.73 Å². The summed E-state index contributed by atoms with van der Waals surface area (Å²) in [4.78, 5) is 22.7. The summed E-state index contributed by atoms with van der Waals surface area (Å²) in [7, 11) is -4.77. The van der Waals surface area contributed by atoms with Crippen molar-refractivity contribution in [3.63, 3.8) is 0 Å². The Morgan fingerprint density at radius 3 is 2.25 bits per heavy atom. The number of anilines is 1. The highest BCUT2D eigenvalue weighted by Crippen LogP contribution is 2.21. The van der Waals surface area contributed by atoms with Crippen molar-refractivity contribution in [1.29, 1.82) is 0 Å². The van der Waals surface area contributed by atoms with Crippen molar-refractivity contribution in [3.05, 3.63) is 60.2 Å². The second-order valence-corrected chi connectivity index (χ2v) is 7.33. The number of carbonyl (C=O) groups excluding carboxylic acids is 2. The molecule has 0 radical (unpaired) electrons. The molecule has 11 heteroatoms. The van der Waals surface area contributed by atoms with Crippen LogP contribution < -0.4 is 15.8 Å². The lowest BCUT2D eigenvalue weighted by Gasteiger charge is -2.16. The molecule has 2 amide bonds. The highest BCUT2D eigenvalue weighted by Gasteiger charge is 2.41. The maximum absolute atomic E-state index is 12.5. The topological polar surface area (TPSA) is 118 Å². The van der Waals surface area contributed by atoms with E-state index in [4.69, 9.17) is 5.73 Å². The molecular formula is C17H16F3N3O4S. The fourth-order valence-electron chi connectivity index (χ4n) is 2.29. The maximum atomic E-state index is 12.5. The van der Waals surface area contributed by atoms with Gasteiger partial charge in [-0.2, -0.15) is 13.2 Å². The molecule has 0 saturated heterocycles. The number of benzene rings is 2. The molecule has 0 saturated carbocycles. The van der Waals surface area contributed by atoms with Crippen molar-refractivity contribution < 1.29 is 31.2 Å². The van der Waals surface area contributed by atoms with Crippen molar-refractivity contribution in [3.8, 4) is 0 Å². The Bertz CT molecular complexity index is 963. The van der Waals surface area contributed by atoms with Crippen molar-refractivity contribution in [1.82, 2.24) is 4.72 Å². The molecule has 0 aliphatic rings. The number of halogens is 3. The van der Waals surface area contributed by atoms with Crippen molar-refractivity contribution in [2.75, 3.05) is 11.9 Å². The van der Waals surface area contributed by atoms with Gasteiger partial charge in [0.1, 0.15) is 0 Å². The minimum atomic E-state index is -5.36. The lowest BCUT2D eigenvalue weighted by atomic mass is 9.98. The van der Waals surface area contributed by atoms with Crippen LogP contribution in [0.15, 0.2) is 59.5 Å². The Kier molecular flexibility index (Phi) is 6.41. The first-order valence-electron chi connectivity index (χ1n) is 7.84. The van der Waals surface area contributed by atoms with Gasteiger partial charge in [-0.3, -0.25) is 9.59 Å². The Morgan fingerprint density at radius 1 is 1.04 bits per heavy atom. The van der Waals surface area contributed by atoms with Crippen LogP contribution in [0.2, 0.25) is 0 Å². The molecule has 0 aliphatic carbocycles. The number of hydrogen-bond donors (Lipinski definition) is 3. The van der Waals surface area contributed by atoms with E-state index in [0.717, 1.165) is 16.9 Å². The zero-order valence-corrected chi connectivity index (χ0v) is 15.0. The quantitative estimate of drug-likeness (QED) is 0.664. The first-order chi connectivity index (χ1) is 13.0. The standard InChI is InChI=1S/C17H16F3N3O4S/c18-17(19,20)16(25)23-28(26,27)13-8-4-7-12(9-13)22-15(24)14(10-21)11-5-2-1-3-6-11/h1-9,14H,10,21H2,(H,22,24)(H,23,25). The molecule has 1 atom stereocenters. The molecule has 4 N–H and O–H groups in total. The number of rotatable bonds is 6. The normalized spacial score (nSPS) is 12.9. The van der Waals surface area contributed by atoms with Crippen LogP contribution >= 0.6 is 0 Å². The van der Waals surface area contributed by atoms with E-state index in [1.54, 1.807) is 30.3 Å². The molecule has 0 fully saturated rings. The zero-order valence-electron chi connectivity index (χ0n) is 14.2. The maximum Gasteiger partial charge on any atom is 0.472 e. The van der Waals surface area contributed by atoms with Crippen LogP contribution in [0.3, 0.4) is 0 Å². The summed E-state index contributed by atoms with van der Waals surface area (Å²) in [6.07, 6.45) is -5.36. The predicted octanol–water partition coefficient (Wildman–Crippen LogP) is 1.73. The van der Waals surface area contributed by atoms with E-state index < -0.39 is 38.8 Å². The summed E-state index contributed by atoms with van der Waals surface area (Å²) in [5.41, 5.74) is 6.30. The highest BCUT2D eigenvalue weighted by molar-refractivity contribution is 7.90. The van der Waals surface area contributed by atoms with Gasteiger partial charge in [0.2, 0.25) is 5.91 Å². The Morgan fingerprint density at radius 2 is 1.68 bits per heavy atom. The molecule has 0 bridgehead atoms. The summed E-state index contributed by atoms with van der Waals surface area (Å²) in [6, 6.07) is 13.1. The van der Waals surface area contributed by atoms with Gasteiger partial charge < -0.3 is 11.1 Å². The van der Waals surface area contributed by atoms with Crippen LogP contribution in [0, 0.1) is 0 Å². The molecule has 2 aromatic rings.